The first kappa shape index (κ1) is 26.2. The Balaban J connectivity index is 3.08. The zero-order valence-electron chi connectivity index (χ0n) is 18.1. The number of esters is 1. The van der Waals surface area contributed by atoms with Gasteiger partial charge in [-0.15, -0.1) is 0 Å². The summed E-state index contributed by atoms with van der Waals surface area (Å²) in [6.45, 7) is 2.22. The van der Waals surface area contributed by atoms with Gasteiger partial charge >= 0.3 is 5.97 Å². The molecule has 0 saturated carbocycles. The highest BCUT2D eigenvalue weighted by Gasteiger charge is 1.98. The van der Waals surface area contributed by atoms with Crippen LogP contribution in [-0.2, 0) is 9.53 Å². The summed E-state index contributed by atoms with van der Waals surface area (Å²) in [5, 5.41) is 8.52. The molecular formula is C24H46O3. The minimum Gasteiger partial charge on any atom is -0.464 e. The second-order valence-corrected chi connectivity index (χ2v) is 7.73. The molecule has 0 fully saturated rings. The van der Waals surface area contributed by atoms with Crippen LogP contribution in [0, 0.1) is 0 Å². The molecule has 0 aromatic rings. The van der Waals surface area contributed by atoms with Crippen LogP contribution < -0.4 is 0 Å². The van der Waals surface area contributed by atoms with Crippen LogP contribution in [0.15, 0.2) is 12.2 Å². The summed E-state index contributed by atoms with van der Waals surface area (Å²) >= 11 is 0. The molecule has 160 valence electrons. The second kappa shape index (κ2) is 23.2. The van der Waals surface area contributed by atoms with Crippen molar-refractivity contribution in [1.29, 1.82) is 0 Å². The maximum absolute atomic E-state index is 10.7. The lowest BCUT2D eigenvalue weighted by Crippen LogP contribution is -2.09. The fourth-order valence-corrected chi connectivity index (χ4v) is 3.29. The summed E-state index contributed by atoms with van der Waals surface area (Å²) in [6.07, 6.45) is 28.4. The molecule has 0 aliphatic heterocycles. The highest BCUT2D eigenvalue weighted by atomic mass is 16.5. The van der Waals surface area contributed by atoms with E-state index in [2.05, 4.69) is 19.1 Å². The van der Waals surface area contributed by atoms with Gasteiger partial charge in [-0.25, -0.2) is 4.79 Å². The van der Waals surface area contributed by atoms with Gasteiger partial charge in [-0.2, -0.15) is 0 Å². The van der Waals surface area contributed by atoms with Gasteiger partial charge in [0.2, 0.25) is 0 Å². The van der Waals surface area contributed by atoms with E-state index < -0.39 is 12.6 Å². The van der Waals surface area contributed by atoms with Crippen molar-refractivity contribution >= 4 is 5.97 Å². The summed E-state index contributed by atoms with van der Waals surface area (Å²) in [5.74, 6) is -0.511. The second-order valence-electron chi connectivity index (χ2n) is 7.73. The first-order valence-corrected chi connectivity index (χ1v) is 11.7. The van der Waals surface area contributed by atoms with Gasteiger partial charge in [0.25, 0.3) is 0 Å². The lowest BCUT2D eigenvalue weighted by atomic mass is 10.1. The number of unbranched alkanes of at least 4 members (excludes halogenated alkanes) is 16. The molecule has 27 heavy (non-hydrogen) atoms. The largest absolute Gasteiger partial charge is 0.464 e. The van der Waals surface area contributed by atoms with Gasteiger partial charge in [0.05, 0.1) is 6.61 Å². The predicted octanol–water partition coefficient (Wildman–Crippen LogP) is 7.12. The van der Waals surface area contributed by atoms with E-state index in [9.17, 15) is 4.79 Å². The molecule has 0 radical (unpaired) electrons. The molecule has 0 saturated heterocycles. The minimum absolute atomic E-state index is 0.451. The highest BCUT2D eigenvalue weighted by molar-refractivity contribution is 5.70. The van der Waals surface area contributed by atoms with Crippen LogP contribution in [0.2, 0.25) is 0 Å². The first-order chi connectivity index (χ1) is 13.3. The fourth-order valence-electron chi connectivity index (χ4n) is 3.29. The predicted molar refractivity (Wildman–Crippen MR) is 116 cm³/mol. The summed E-state index contributed by atoms with van der Waals surface area (Å²) in [7, 11) is 0. The number of rotatable bonds is 21. The third-order valence-electron chi connectivity index (χ3n) is 5.05. The maximum Gasteiger partial charge on any atom is 0.331 e. The van der Waals surface area contributed by atoms with Crippen molar-refractivity contribution in [3.8, 4) is 0 Å². The van der Waals surface area contributed by atoms with Crippen LogP contribution in [0.1, 0.15) is 122 Å². The summed E-state index contributed by atoms with van der Waals surface area (Å²) < 4.78 is 4.83. The molecule has 0 unspecified atom stereocenters. The van der Waals surface area contributed by atoms with Gasteiger partial charge in [0, 0.05) is 0 Å². The smallest absolute Gasteiger partial charge is 0.331 e. The van der Waals surface area contributed by atoms with Crippen LogP contribution in [-0.4, -0.2) is 24.3 Å². The molecule has 3 heteroatoms. The topological polar surface area (TPSA) is 46.5 Å². The highest BCUT2D eigenvalue weighted by Crippen LogP contribution is 2.12. The Labute approximate surface area is 169 Å². The molecule has 0 aliphatic rings. The molecular weight excluding hydrogens is 336 g/mol. The molecule has 0 aromatic heterocycles. The fraction of sp³-hybridized carbons (Fsp3) is 0.875. The SMILES string of the molecule is CCCCCCCCC=CCCCCCCCCCCCCOC(=O)CO. The third-order valence-corrected chi connectivity index (χ3v) is 5.05. The molecule has 0 aromatic carbocycles. The quantitative estimate of drug-likeness (QED) is 0.131. The molecule has 3 nitrogen and oxygen atoms in total. The van der Waals surface area contributed by atoms with Gasteiger partial charge in [-0.3, -0.25) is 0 Å². The lowest BCUT2D eigenvalue weighted by molar-refractivity contribution is -0.147. The van der Waals surface area contributed by atoms with Crippen molar-refractivity contribution in [3.05, 3.63) is 12.2 Å². The first-order valence-electron chi connectivity index (χ1n) is 11.7. The number of carbonyl (C=O) groups is 1. The molecule has 0 bridgehead atoms. The number of allylic oxidation sites excluding steroid dienone is 2. The summed E-state index contributed by atoms with van der Waals surface area (Å²) in [5.41, 5.74) is 0. The van der Waals surface area contributed by atoms with E-state index in [0.29, 0.717) is 6.61 Å². The zero-order chi connectivity index (χ0) is 19.8. The molecule has 0 amide bonds. The molecule has 0 atom stereocenters. The normalized spacial score (nSPS) is 11.3. The van der Waals surface area contributed by atoms with Gasteiger partial charge in [-0.1, -0.05) is 103 Å². The van der Waals surface area contributed by atoms with E-state index in [1.807, 2.05) is 0 Å². The Morgan fingerprint density at radius 1 is 0.667 bits per heavy atom. The van der Waals surface area contributed by atoms with E-state index in [0.717, 1.165) is 12.8 Å². The van der Waals surface area contributed by atoms with Crippen molar-refractivity contribution in [2.24, 2.45) is 0 Å². The number of hydrogen-bond donors (Lipinski definition) is 1. The van der Waals surface area contributed by atoms with Crippen LogP contribution in [0.25, 0.3) is 0 Å². The zero-order valence-corrected chi connectivity index (χ0v) is 18.1. The average Bonchev–Trinajstić information content (AvgIpc) is 2.68. The summed E-state index contributed by atoms with van der Waals surface area (Å²) in [4.78, 5) is 10.7. The van der Waals surface area contributed by atoms with Gasteiger partial charge < -0.3 is 9.84 Å². The van der Waals surface area contributed by atoms with Crippen molar-refractivity contribution in [1.82, 2.24) is 0 Å². The van der Waals surface area contributed by atoms with Crippen molar-refractivity contribution in [3.63, 3.8) is 0 Å². The molecule has 0 heterocycles. The number of ether oxygens (including phenoxy) is 1. The Morgan fingerprint density at radius 3 is 1.52 bits per heavy atom. The Morgan fingerprint density at radius 2 is 1.07 bits per heavy atom. The van der Waals surface area contributed by atoms with Crippen molar-refractivity contribution in [2.45, 2.75) is 122 Å². The van der Waals surface area contributed by atoms with Gasteiger partial charge in [-0.05, 0) is 32.1 Å². The van der Waals surface area contributed by atoms with Crippen LogP contribution in [0.4, 0.5) is 0 Å². The molecule has 0 spiro atoms. The van der Waals surface area contributed by atoms with Crippen molar-refractivity contribution < 1.29 is 14.6 Å². The van der Waals surface area contributed by atoms with Crippen LogP contribution in [0.3, 0.4) is 0 Å². The number of aliphatic hydroxyl groups is 1. The Hall–Kier alpha value is -0.830. The van der Waals surface area contributed by atoms with E-state index in [4.69, 9.17) is 9.84 Å². The standard InChI is InChI=1S/C24H46O3/c1-2-3-4-5-6-7-8-9-10-11-12-13-14-15-16-17-18-19-20-21-22-27-24(26)23-25/h9-10,25H,2-8,11-23H2,1H3. The number of aliphatic hydroxyl groups excluding tert-OH is 1. The average molecular weight is 383 g/mol. The minimum atomic E-state index is -0.511. The van der Waals surface area contributed by atoms with Crippen LogP contribution >= 0.6 is 0 Å². The van der Waals surface area contributed by atoms with E-state index >= 15 is 0 Å². The van der Waals surface area contributed by atoms with Crippen molar-refractivity contribution in [2.75, 3.05) is 13.2 Å². The van der Waals surface area contributed by atoms with Crippen LogP contribution in [0.5, 0.6) is 0 Å². The number of carbonyl (C=O) groups excluding carboxylic acids is 1. The third kappa shape index (κ3) is 23.1. The van der Waals surface area contributed by atoms with E-state index in [-0.39, 0.29) is 0 Å². The van der Waals surface area contributed by atoms with Gasteiger partial charge in [0.15, 0.2) is 0 Å². The monoisotopic (exact) mass is 382 g/mol. The Bertz CT molecular complexity index is 326. The maximum atomic E-state index is 10.7. The lowest BCUT2D eigenvalue weighted by Gasteiger charge is -2.03. The molecule has 0 rings (SSSR count). The van der Waals surface area contributed by atoms with E-state index in [1.165, 1.54) is 103 Å². The Kier molecular flexibility index (Phi) is 22.5. The van der Waals surface area contributed by atoms with Gasteiger partial charge in [0.1, 0.15) is 6.61 Å². The molecule has 0 aliphatic carbocycles. The number of hydrogen-bond acceptors (Lipinski definition) is 3. The summed E-state index contributed by atoms with van der Waals surface area (Å²) in [6, 6.07) is 0. The molecule has 1 N–H and O–H groups in total. The van der Waals surface area contributed by atoms with E-state index in [1.54, 1.807) is 0 Å².